The topological polar surface area (TPSA) is 101 Å². The van der Waals surface area contributed by atoms with Gasteiger partial charge in [-0.3, -0.25) is 0 Å². The lowest BCUT2D eigenvalue weighted by molar-refractivity contribution is -0.219. The molecule has 0 aromatic rings. The minimum atomic E-state index is -0.699. The van der Waals surface area contributed by atoms with Crippen molar-refractivity contribution in [2.75, 3.05) is 6.61 Å². The van der Waals surface area contributed by atoms with Gasteiger partial charge in [0.1, 0.15) is 0 Å². The number of hydrogen-bond acceptors (Lipinski definition) is 5. The number of hydrogen-bond donors (Lipinski definition) is 5. The monoisotopic (exact) mass is 452 g/mol. The number of aliphatic hydroxyl groups is 5. The molecule has 0 saturated heterocycles. The molecule has 0 spiro atoms. The summed E-state index contributed by atoms with van der Waals surface area (Å²) in [5, 5.41) is 53.1. The minimum absolute atomic E-state index is 0.130. The summed E-state index contributed by atoms with van der Waals surface area (Å²) in [5.74, 6) is 2.24. The summed E-state index contributed by atoms with van der Waals surface area (Å²) in [5.41, 5.74) is -0.296. The molecule has 0 aliphatic heterocycles. The molecule has 13 unspecified atom stereocenters. The van der Waals surface area contributed by atoms with Crippen LogP contribution in [0, 0.1) is 52.3 Å². The summed E-state index contributed by atoms with van der Waals surface area (Å²) in [4.78, 5) is 0. The van der Waals surface area contributed by atoms with Gasteiger partial charge < -0.3 is 25.5 Å². The molecule has 4 aliphatic carbocycles. The third kappa shape index (κ3) is 3.88. The van der Waals surface area contributed by atoms with Gasteiger partial charge in [-0.15, -0.1) is 0 Å². The molecule has 5 heteroatoms. The van der Waals surface area contributed by atoms with E-state index in [-0.39, 0.29) is 47.4 Å². The van der Waals surface area contributed by atoms with Crippen molar-refractivity contribution in [2.24, 2.45) is 52.3 Å². The van der Waals surface area contributed by atoms with Crippen molar-refractivity contribution in [1.29, 1.82) is 0 Å². The molecule has 32 heavy (non-hydrogen) atoms. The third-order valence-corrected chi connectivity index (χ3v) is 11.2. The van der Waals surface area contributed by atoms with E-state index < -0.39 is 12.2 Å². The number of fused-ring (bicyclic) bond motifs is 5. The van der Waals surface area contributed by atoms with Crippen LogP contribution >= 0.6 is 0 Å². The maximum Gasteiger partial charge on any atom is 0.0804 e. The predicted octanol–water partition coefficient (Wildman–Crippen LogP) is 3.35. The molecule has 5 N–H and O–H groups in total. The van der Waals surface area contributed by atoms with Gasteiger partial charge in [-0.1, -0.05) is 40.5 Å². The zero-order valence-electron chi connectivity index (χ0n) is 20.7. The largest absolute Gasteiger partial charge is 0.396 e. The maximum atomic E-state index is 11.6. The maximum absolute atomic E-state index is 11.6. The quantitative estimate of drug-likeness (QED) is 0.425. The van der Waals surface area contributed by atoms with E-state index in [9.17, 15) is 25.5 Å². The number of rotatable bonds is 6. The van der Waals surface area contributed by atoms with Crippen LogP contribution in [0.5, 0.6) is 0 Å². The van der Waals surface area contributed by atoms with Crippen LogP contribution in [0.3, 0.4) is 0 Å². The Morgan fingerprint density at radius 3 is 2.22 bits per heavy atom. The molecule has 186 valence electrons. The van der Waals surface area contributed by atoms with Crippen LogP contribution in [0.2, 0.25) is 0 Å². The number of aliphatic hydroxyl groups excluding tert-OH is 5. The van der Waals surface area contributed by atoms with Crippen LogP contribution in [-0.4, -0.2) is 56.6 Å². The molecule has 0 bridgehead atoms. The Kier molecular flexibility index (Phi) is 7.09. The van der Waals surface area contributed by atoms with Crippen molar-refractivity contribution < 1.29 is 25.5 Å². The summed E-state index contributed by atoms with van der Waals surface area (Å²) in [6.07, 6.45) is 5.88. The Hall–Kier alpha value is -0.200. The Labute approximate surface area is 194 Å². The van der Waals surface area contributed by atoms with Crippen LogP contribution < -0.4 is 0 Å². The third-order valence-electron chi connectivity index (χ3n) is 11.2. The first kappa shape index (κ1) is 24.9. The molecule has 4 rings (SSSR count). The van der Waals surface area contributed by atoms with E-state index in [1.54, 1.807) is 0 Å². The zero-order valence-corrected chi connectivity index (χ0v) is 20.7. The van der Waals surface area contributed by atoms with Crippen LogP contribution in [0.4, 0.5) is 0 Å². The average Bonchev–Trinajstić information content (AvgIpc) is 3.09. The van der Waals surface area contributed by atoms with Crippen molar-refractivity contribution in [1.82, 2.24) is 0 Å². The zero-order chi connectivity index (χ0) is 23.4. The van der Waals surface area contributed by atoms with Gasteiger partial charge >= 0.3 is 0 Å². The second kappa shape index (κ2) is 9.11. The Balaban J connectivity index is 1.54. The SMILES string of the molecule is CC(CO)CCCC(C)C1CCC2C3C(O)CC4CC(O)C(O)CC4(C)C3CC(O)C12C. The van der Waals surface area contributed by atoms with Crippen LogP contribution in [-0.2, 0) is 0 Å². The Morgan fingerprint density at radius 1 is 0.844 bits per heavy atom. The fourth-order valence-corrected chi connectivity index (χ4v) is 9.25. The fraction of sp³-hybridized carbons (Fsp3) is 1.00. The first-order chi connectivity index (χ1) is 15.0. The first-order valence-corrected chi connectivity index (χ1v) is 13.4. The van der Waals surface area contributed by atoms with Gasteiger partial charge in [0, 0.05) is 6.61 Å². The van der Waals surface area contributed by atoms with E-state index in [4.69, 9.17) is 0 Å². The molecule has 4 aliphatic rings. The highest BCUT2D eigenvalue weighted by Crippen LogP contribution is 2.68. The molecule has 5 nitrogen and oxygen atoms in total. The van der Waals surface area contributed by atoms with E-state index in [1.165, 1.54) is 0 Å². The molecule has 0 amide bonds. The van der Waals surface area contributed by atoms with Gasteiger partial charge in [0.05, 0.1) is 24.4 Å². The van der Waals surface area contributed by atoms with Crippen molar-refractivity contribution in [3.8, 4) is 0 Å². The summed E-state index contributed by atoms with van der Waals surface area (Å²) in [6.45, 7) is 9.24. The van der Waals surface area contributed by atoms with Gasteiger partial charge in [0.2, 0.25) is 0 Å². The van der Waals surface area contributed by atoms with Gasteiger partial charge in [0.15, 0.2) is 0 Å². The molecule has 4 fully saturated rings. The lowest BCUT2D eigenvalue weighted by Gasteiger charge is -2.64. The van der Waals surface area contributed by atoms with Crippen molar-refractivity contribution in [2.45, 2.75) is 110 Å². The molecule has 0 heterocycles. The highest BCUT2D eigenvalue weighted by Gasteiger charge is 2.66. The molecule has 0 aromatic carbocycles. The smallest absolute Gasteiger partial charge is 0.0804 e. The van der Waals surface area contributed by atoms with Gasteiger partial charge in [-0.05, 0) is 97.2 Å². The van der Waals surface area contributed by atoms with Crippen LogP contribution in [0.15, 0.2) is 0 Å². The van der Waals surface area contributed by atoms with Crippen molar-refractivity contribution in [3.63, 3.8) is 0 Å². The summed E-state index contributed by atoms with van der Waals surface area (Å²) in [7, 11) is 0. The van der Waals surface area contributed by atoms with Gasteiger partial charge in [-0.2, -0.15) is 0 Å². The molecule has 0 radical (unpaired) electrons. The van der Waals surface area contributed by atoms with E-state index in [1.807, 2.05) is 0 Å². The molecular weight excluding hydrogens is 404 g/mol. The molecule has 4 saturated carbocycles. The van der Waals surface area contributed by atoms with E-state index in [0.717, 1.165) is 32.1 Å². The van der Waals surface area contributed by atoms with Crippen molar-refractivity contribution in [3.05, 3.63) is 0 Å². The normalized spacial score (nSPS) is 52.6. The first-order valence-electron chi connectivity index (χ1n) is 13.4. The summed E-state index contributed by atoms with van der Waals surface area (Å²) in [6, 6.07) is 0. The van der Waals surface area contributed by atoms with Crippen molar-refractivity contribution >= 4 is 0 Å². The lowest BCUT2D eigenvalue weighted by atomic mass is 9.43. The van der Waals surface area contributed by atoms with E-state index in [0.29, 0.717) is 49.4 Å². The highest BCUT2D eigenvalue weighted by molar-refractivity contribution is 5.15. The second-order valence-electron chi connectivity index (χ2n) is 12.9. The lowest BCUT2D eigenvalue weighted by Crippen LogP contribution is -2.63. The van der Waals surface area contributed by atoms with E-state index in [2.05, 4.69) is 27.7 Å². The Morgan fingerprint density at radius 2 is 1.53 bits per heavy atom. The minimum Gasteiger partial charge on any atom is -0.396 e. The van der Waals surface area contributed by atoms with Crippen LogP contribution in [0.25, 0.3) is 0 Å². The predicted molar refractivity (Wildman–Crippen MR) is 125 cm³/mol. The van der Waals surface area contributed by atoms with Gasteiger partial charge in [-0.25, -0.2) is 0 Å². The molecule has 13 atom stereocenters. The van der Waals surface area contributed by atoms with Gasteiger partial charge in [0.25, 0.3) is 0 Å². The summed E-state index contributed by atoms with van der Waals surface area (Å²) < 4.78 is 0. The average molecular weight is 453 g/mol. The van der Waals surface area contributed by atoms with E-state index >= 15 is 0 Å². The Bertz CT molecular complexity index is 656. The molecule has 0 aromatic heterocycles. The van der Waals surface area contributed by atoms with Crippen LogP contribution in [0.1, 0.15) is 85.5 Å². The highest BCUT2D eigenvalue weighted by atomic mass is 16.3. The summed E-state index contributed by atoms with van der Waals surface area (Å²) >= 11 is 0. The fourth-order valence-electron chi connectivity index (χ4n) is 9.25. The molecular formula is C27H48O5. The second-order valence-corrected chi connectivity index (χ2v) is 12.9. The standard InChI is InChI=1S/C27H48O5/c1-15(14-28)6-5-7-16(2)18-8-9-19-25-20(12-24(32)27(18,19)4)26(3)13-23(31)21(29)10-17(26)11-22(25)30/h15-25,28-32H,5-14H2,1-4H3.